The molecule has 0 radical (unpaired) electrons. The molecule has 0 heterocycles. The molecule has 0 aliphatic heterocycles. The van der Waals surface area contributed by atoms with Crippen molar-refractivity contribution in [1.29, 1.82) is 0 Å². The van der Waals surface area contributed by atoms with Crippen LogP contribution in [0.1, 0.15) is 64.7 Å². The SMILES string of the molecule is [CH2-]CCCCCCCCCC.[Na+].c1ccc2ccccc2c1. The van der Waals surface area contributed by atoms with E-state index in [1.54, 1.807) is 0 Å². The van der Waals surface area contributed by atoms with Crippen molar-refractivity contribution in [3.8, 4) is 0 Å². The van der Waals surface area contributed by atoms with Crippen molar-refractivity contribution in [1.82, 2.24) is 0 Å². The van der Waals surface area contributed by atoms with Gasteiger partial charge < -0.3 is 6.92 Å². The predicted octanol–water partition coefficient (Wildman–Crippen LogP) is 4.20. The van der Waals surface area contributed by atoms with Gasteiger partial charge in [0, 0.05) is 0 Å². The maximum Gasteiger partial charge on any atom is 1.00 e. The van der Waals surface area contributed by atoms with Gasteiger partial charge in [-0.25, -0.2) is 0 Å². The van der Waals surface area contributed by atoms with Crippen LogP contribution in [0, 0.1) is 6.92 Å². The van der Waals surface area contributed by atoms with Crippen molar-refractivity contribution < 1.29 is 29.6 Å². The van der Waals surface area contributed by atoms with Crippen molar-refractivity contribution in [3.63, 3.8) is 0 Å². The van der Waals surface area contributed by atoms with E-state index in [9.17, 15) is 0 Å². The van der Waals surface area contributed by atoms with Crippen LogP contribution < -0.4 is 29.6 Å². The third-order valence-electron chi connectivity index (χ3n) is 3.76. The van der Waals surface area contributed by atoms with E-state index >= 15 is 0 Å². The van der Waals surface area contributed by atoms with Gasteiger partial charge in [0.1, 0.15) is 0 Å². The van der Waals surface area contributed by atoms with Crippen LogP contribution >= 0.6 is 0 Å². The number of benzene rings is 2. The molecule has 0 fully saturated rings. The van der Waals surface area contributed by atoms with Gasteiger partial charge in [0.15, 0.2) is 0 Å². The molecule has 0 N–H and O–H groups in total. The van der Waals surface area contributed by atoms with Crippen LogP contribution in [-0.2, 0) is 0 Å². The molecule has 0 atom stereocenters. The molecule has 0 unspecified atom stereocenters. The zero-order valence-electron chi connectivity index (χ0n) is 14.7. The molecule has 0 bridgehead atoms. The number of unbranched alkanes of at least 4 members (excludes halogenated alkanes) is 8. The second-order valence-corrected chi connectivity index (χ2v) is 5.68. The maximum absolute atomic E-state index is 3.83. The molecule has 0 saturated heterocycles. The number of hydrogen-bond acceptors (Lipinski definition) is 0. The summed E-state index contributed by atoms with van der Waals surface area (Å²) < 4.78 is 0. The molecule has 0 spiro atoms. The summed E-state index contributed by atoms with van der Waals surface area (Å²) in [6.07, 6.45) is 12.4. The Kier molecular flexibility index (Phi) is 15.4. The van der Waals surface area contributed by atoms with Crippen molar-refractivity contribution in [2.45, 2.75) is 64.7 Å². The topological polar surface area (TPSA) is 0 Å². The maximum atomic E-state index is 3.83. The van der Waals surface area contributed by atoms with Crippen molar-refractivity contribution in [3.05, 3.63) is 55.5 Å². The fraction of sp³-hybridized carbons (Fsp3) is 0.476. The van der Waals surface area contributed by atoms with Crippen LogP contribution in [0.4, 0.5) is 0 Å². The quantitative estimate of drug-likeness (QED) is 0.390. The van der Waals surface area contributed by atoms with Gasteiger partial charge >= 0.3 is 29.6 Å². The summed E-state index contributed by atoms with van der Waals surface area (Å²) >= 11 is 0. The molecule has 22 heavy (non-hydrogen) atoms. The van der Waals surface area contributed by atoms with Crippen LogP contribution in [0.25, 0.3) is 10.8 Å². The first-order chi connectivity index (χ1) is 10.4. The Morgan fingerprint density at radius 3 is 1.36 bits per heavy atom. The van der Waals surface area contributed by atoms with Gasteiger partial charge in [-0.05, 0) is 10.8 Å². The van der Waals surface area contributed by atoms with Crippen LogP contribution in [0.3, 0.4) is 0 Å². The monoisotopic (exact) mass is 306 g/mol. The summed E-state index contributed by atoms with van der Waals surface area (Å²) in [4.78, 5) is 0. The summed E-state index contributed by atoms with van der Waals surface area (Å²) in [5, 5.41) is 2.62. The largest absolute Gasteiger partial charge is 1.00 e. The molecule has 0 aliphatic carbocycles. The van der Waals surface area contributed by atoms with E-state index in [4.69, 9.17) is 0 Å². The molecule has 1 heteroatoms. The van der Waals surface area contributed by atoms with E-state index in [0.717, 1.165) is 6.42 Å². The molecule has 2 rings (SSSR count). The summed E-state index contributed by atoms with van der Waals surface area (Å²) in [5.41, 5.74) is 0. The molecule has 0 amide bonds. The third-order valence-corrected chi connectivity index (χ3v) is 3.76. The number of rotatable bonds is 8. The van der Waals surface area contributed by atoms with Crippen LogP contribution in [0.5, 0.6) is 0 Å². The summed E-state index contributed by atoms with van der Waals surface area (Å²) in [5.74, 6) is 0. The molecule has 116 valence electrons. The second-order valence-electron chi connectivity index (χ2n) is 5.68. The van der Waals surface area contributed by atoms with Crippen LogP contribution in [0.2, 0.25) is 0 Å². The first-order valence-corrected chi connectivity index (χ1v) is 8.61. The van der Waals surface area contributed by atoms with Crippen molar-refractivity contribution in [2.75, 3.05) is 0 Å². The molecule has 0 aliphatic rings. The first kappa shape index (κ1) is 21.7. The average molecular weight is 306 g/mol. The number of fused-ring (bicyclic) bond motifs is 1. The zero-order valence-corrected chi connectivity index (χ0v) is 16.7. The summed E-state index contributed by atoms with van der Waals surface area (Å²) in [6.45, 7) is 6.10. The Hall–Kier alpha value is -0.300. The normalized spacial score (nSPS) is 9.73. The third kappa shape index (κ3) is 10.4. The van der Waals surface area contributed by atoms with Crippen molar-refractivity contribution >= 4 is 10.8 Å². The Labute approximate surface area is 160 Å². The van der Waals surface area contributed by atoms with E-state index in [0.29, 0.717) is 0 Å². The molecular weight excluding hydrogens is 275 g/mol. The zero-order chi connectivity index (χ0) is 15.2. The van der Waals surface area contributed by atoms with Gasteiger partial charge in [-0.15, -0.1) is 0 Å². The second kappa shape index (κ2) is 15.6. The molecule has 2 aromatic rings. The Balaban J connectivity index is 0.000000383. The summed E-state index contributed by atoms with van der Waals surface area (Å²) in [6, 6.07) is 16.7. The van der Waals surface area contributed by atoms with Gasteiger partial charge in [0.25, 0.3) is 0 Å². The molecule has 0 saturated carbocycles. The molecule has 2 aromatic carbocycles. The summed E-state index contributed by atoms with van der Waals surface area (Å²) in [7, 11) is 0. The van der Waals surface area contributed by atoms with Crippen LogP contribution in [0.15, 0.2) is 48.5 Å². The van der Waals surface area contributed by atoms with E-state index in [2.05, 4.69) is 62.4 Å². The minimum atomic E-state index is 0. The van der Waals surface area contributed by atoms with Crippen LogP contribution in [-0.4, -0.2) is 0 Å². The van der Waals surface area contributed by atoms with E-state index in [-0.39, 0.29) is 29.6 Å². The Morgan fingerprint density at radius 2 is 1.00 bits per heavy atom. The van der Waals surface area contributed by atoms with Gasteiger partial charge in [0.2, 0.25) is 0 Å². The minimum Gasteiger partial charge on any atom is -0.343 e. The minimum absolute atomic E-state index is 0. The first-order valence-electron chi connectivity index (χ1n) is 8.61. The van der Waals surface area contributed by atoms with E-state index in [1.807, 2.05) is 0 Å². The number of hydrogen-bond donors (Lipinski definition) is 0. The molecular formula is C21H31Na. The van der Waals surface area contributed by atoms with Gasteiger partial charge in [0.05, 0.1) is 0 Å². The molecule has 0 aromatic heterocycles. The standard InChI is InChI=1S/C11H23.C10H8.Na/c1-3-5-7-9-11-10-8-6-4-2;1-2-6-10-8-4-3-7-9(10)5-1;/h1,3-11H2,2H3;1-8H;/q-1;;+1. The predicted molar refractivity (Wildman–Crippen MR) is 96.5 cm³/mol. The van der Waals surface area contributed by atoms with Gasteiger partial charge in [-0.2, -0.15) is 6.42 Å². The van der Waals surface area contributed by atoms with E-state index in [1.165, 1.54) is 62.1 Å². The van der Waals surface area contributed by atoms with E-state index < -0.39 is 0 Å². The fourth-order valence-corrected chi connectivity index (χ4v) is 2.44. The Morgan fingerprint density at radius 1 is 0.636 bits per heavy atom. The van der Waals surface area contributed by atoms with Crippen molar-refractivity contribution in [2.24, 2.45) is 0 Å². The smallest absolute Gasteiger partial charge is 0.343 e. The fourth-order valence-electron chi connectivity index (χ4n) is 2.44. The Bertz CT molecular complexity index is 391. The van der Waals surface area contributed by atoms with Gasteiger partial charge in [-0.1, -0.05) is 107 Å². The average Bonchev–Trinajstić information content (AvgIpc) is 2.55. The van der Waals surface area contributed by atoms with Gasteiger partial charge in [-0.3, -0.25) is 0 Å². The molecule has 0 nitrogen and oxygen atoms in total.